The molecule has 2 saturated carbocycles. The smallest absolute Gasteiger partial charge is 0.106 e. The first-order valence-electron chi connectivity index (χ1n) is 6.87. The highest BCUT2D eigenvalue weighted by Crippen LogP contribution is 2.35. The average Bonchev–Trinajstić information content (AvgIpc) is 2.29. The lowest BCUT2D eigenvalue weighted by Crippen LogP contribution is -2.45. The molecule has 0 saturated heterocycles. The standard InChI is InChI=1S/C13H24O5/c14-9-2-1-8(10(15)6-9)3-7-4-11(16)13(18)12(17)5-7/h7-18H,1-6H2. The second kappa shape index (κ2) is 5.84. The van der Waals surface area contributed by atoms with E-state index in [1.54, 1.807) is 0 Å². The first-order valence-corrected chi connectivity index (χ1v) is 6.87. The number of aliphatic hydroxyl groups excluding tert-OH is 5. The third kappa shape index (κ3) is 3.22. The summed E-state index contributed by atoms with van der Waals surface area (Å²) in [5.41, 5.74) is 0. The summed E-state index contributed by atoms with van der Waals surface area (Å²) in [4.78, 5) is 0. The third-order valence-corrected chi connectivity index (χ3v) is 4.50. The lowest BCUT2D eigenvalue weighted by molar-refractivity contribution is -0.106. The summed E-state index contributed by atoms with van der Waals surface area (Å²) < 4.78 is 0. The number of aliphatic hydroxyl groups is 5. The molecule has 106 valence electrons. The lowest BCUT2D eigenvalue weighted by Gasteiger charge is -2.38. The molecule has 0 amide bonds. The summed E-state index contributed by atoms with van der Waals surface area (Å²) >= 11 is 0. The second-order valence-electron chi connectivity index (χ2n) is 5.99. The highest BCUT2D eigenvalue weighted by Gasteiger charge is 2.37. The van der Waals surface area contributed by atoms with E-state index in [9.17, 15) is 25.5 Å². The second-order valence-corrected chi connectivity index (χ2v) is 5.99. The van der Waals surface area contributed by atoms with Crippen LogP contribution in [0.25, 0.3) is 0 Å². The topological polar surface area (TPSA) is 101 Å². The third-order valence-electron chi connectivity index (χ3n) is 4.50. The SMILES string of the molecule is OC1CCC(CC2CC(O)C(O)C(O)C2)C(O)C1. The zero-order valence-electron chi connectivity index (χ0n) is 10.5. The van der Waals surface area contributed by atoms with Gasteiger partial charge in [-0.1, -0.05) is 0 Å². The number of rotatable bonds is 2. The van der Waals surface area contributed by atoms with Gasteiger partial charge in [0.2, 0.25) is 0 Å². The minimum Gasteiger partial charge on any atom is -0.393 e. The highest BCUT2D eigenvalue weighted by molar-refractivity contribution is 4.89. The van der Waals surface area contributed by atoms with Gasteiger partial charge in [0.15, 0.2) is 0 Å². The van der Waals surface area contributed by atoms with Crippen molar-refractivity contribution in [2.24, 2.45) is 11.8 Å². The molecule has 2 fully saturated rings. The summed E-state index contributed by atoms with van der Waals surface area (Å²) in [6.45, 7) is 0. The Morgan fingerprint density at radius 1 is 0.722 bits per heavy atom. The van der Waals surface area contributed by atoms with Crippen LogP contribution in [-0.2, 0) is 0 Å². The fourth-order valence-corrected chi connectivity index (χ4v) is 3.40. The van der Waals surface area contributed by atoms with E-state index in [1.165, 1.54) is 0 Å². The molecule has 5 unspecified atom stereocenters. The van der Waals surface area contributed by atoms with Crippen molar-refractivity contribution in [1.29, 1.82) is 0 Å². The maximum atomic E-state index is 9.92. The lowest BCUT2D eigenvalue weighted by atomic mass is 9.74. The Bertz CT molecular complexity index is 260. The molecule has 18 heavy (non-hydrogen) atoms. The Morgan fingerprint density at radius 2 is 1.33 bits per heavy atom. The number of hydrogen-bond acceptors (Lipinski definition) is 5. The highest BCUT2D eigenvalue weighted by atomic mass is 16.4. The van der Waals surface area contributed by atoms with Crippen LogP contribution in [0.15, 0.2) is 0 Å². The predicted octanol–water partition coefficient (Wildman–Crippen LogP) is -0.609. The first kappa shape index (κ1) is 14.2. The van der Waals surface area contributed by atoms with Crippen LogP contribution in [0.1, 0.15) is 38.5 Å². The zero-order chi connectivity index (χ0) is 13.3. The van der Waals surface area contributed by atoms with Crippen molar-refractivity contribution < 1.29 is 25.5 Å². The van der Waals surface area contributed by atoms with Crippen molar-refractivity contribution in [3.63, 3.8) is 0 Å². The van der Waals surface area contributed by atoms with Gasteiger partial charge in [-0.2, -0.15) is 0 Å². The predicted molar refractivity (Wildman–Crippen MR) is 64.7 cm³/mol. The summed E-state index contributed by atoms with van der Waals surface area (Å²) in [6, 6.07) is 0. The quantitative estimate of drug-likeness (QED) is 0.456. The van der Waals surface area contributed by atoms with Crippen molar-refractivity contribution in [3.05, 3.63) is 0 Å². The maximum absolute atomic E-state index is 9.92. The molecule has 0 bridgehead atoms. The molecule has 5 N–H and O–H groups in total. The largest absolute Gasteiger partial charge is 0.393 e. The fraction of sp³-hybridized carbons (Fsp3) is 1.00. The number of hydrogen-bond donors (Lipinski definition) is 5. The minimum atomic E-state index is -1.04. The first-order chi connectivity index (χ1) is 8.47. The zero-order valence-corrected chi connectivity index (χ0v) is 10.5. The molecule has 5 atom stereocenters. The van der Waals surface area contributed by atoms with Crippen molar-refractivity contribution in [3.8, 4) is 0 Å². The molecular weight excluding hydrogens is 236 g/mol. The van der Waals surface area contributed by atoms with E-state index in [4.69, 9.17) is 0 Å². The molecule has 0 aromatic carbocycles. The van der Waals surface area contributed by atoms with E-state index in [-0.39, 0.29) is 11.8 Å². The monoisotopic (exact) mass is 260 g/mol. The van der Waals surface area contributed by atoms with Crippen LogP contribution in [-0.4, -0.2) is 56.1 Å². The summed E-state index contributed by atoms with van der Waals surface area (Å²) in [6.07, 6.45) is -0.0612. The molecule has 0 spiro atoms. The Kier molecular flexibility index (Phi) is 4.61. The van der Waals surface area contributed by atoms with Gasteiger partial charge in [-0.05, 0) is 50.4 Å². The van der Waals surface area contributed by atoms with Crippen LogP contribution < -0.4 is 0 Å². The van der Waals surface area contributed by atoms with Gasteiger partial charge in [0.1, 0.15) is 6.10 Å². The van der Waals surface area contributed by atoms with Gasteiger partial charge in [0, 0.05) is 0 Å². The van der Waals surface area contributed by atoms with E-state index < -0.39 is 30.5 Å². The van der Waals surface area contributed by atoms with Gasteiger partial charge in [0.05, 0.1) is 24.4 Å². The van der Waals surface area contributed by atoms with E-state index in [2.05, 4.69) is 0 Å². The molecule has 2 aliphatic carbocycles. The summed E-state index contributed by atoms with van der Waals surface area (Å²) in [7, 11) is 0. The van der Waals surface area contributed by atoms with Crippen LogP contribution in [0.3, 0.4) is 0 Å². The van der Waals surface area contributed by atoms with Gasteiger partial charge in [-0.25, -0.2) is 0 Å². The van der Waals surface area contributed by atoms with E-state index in [1.807, 2.05) is 0 Å². The van der Waals surface area contributed by atoms with Crippen molar-refractivity contribution in [1.82, 2.24) is 0 Å². The maximum Gasteiger partial charge on any atom is 0.106 e. The van der Waals surface area contributed by atoms with Gasteiger partial charge >= 0.3 is 0 Å². The molecule has 2 rings (SSSR count). The normalized spacial score (nSPS) is 50.2. The molecule has 0 aromatic rings. The molecule has 0 radical (unpaired) electrons. The van der Waals surface area contributed by atoms with Crippen molar-refractivity contribution in [2.45, 2.75) is 69.0 Å². The Hall–Kier alpha value is -0.200. The Labute approximate surface area is 107 Å². The minimum absolute atomic E-state index is 0.132. The van der Waals surface area contributed by atoms with E-state index in [0.717, 1.165) is 12.8 Å². The molecule has 0 aliphatic heterocycles. The van der Waals surface area contributed by atoms with Crippen LogP contribution in [0, 0.1) is 11.8 Å². The molecule has 0 heterocycles. The van der Waals surface area contributed by atoms with Gasteiger partial charge in [-0.15, -0.1) is 0 Å². The summed E-state index contributed by atoms with van der Waals surface area (Å²) in [5.74, 6) is 0.265. The van der Waals surface area contributed by atoms with Crippen LogP contribution in [0.4, 0.5) is 0 Å². The van der Waals surface area contributed by atoms with Crippen molar-refractivity contribution in [2.75, 3.05) is 0 Å². The van der Waals surface area contributed by atoms with Crippen molar-refractivity contribution >= 4 is 0 Å². The molecule has 5 heteroatoms. The summed E-state index contributed by atoms with van der Waals surface area (Å²) in [5, 5.41) is 48.1. The molecule has 2 aliphatic rings. The van der Waals surface area contributed by atoms with Crippen LogP contribution >= 0.6 is 0 Å². The van der Waals surface area contributed by atoms with E-state index in [0.29, 0.717) is 25.7 Å². The Balaban J connectivity index is 1.86. The molecular formula is C13H24O5. The van der Waals surface area contributed by atoms with Gasteiger partial charge in [0.25, 0.3) is 0 Å². The van der Waals surface area contributed by atoms with Crippen LogP contribution in [0.2, 0.25) is 0 Å². The van der Waals surface area contributed by atoms with Gasteiger partial charge in [-0.3, -0.25) is 0 Å². The molecule has 5 nitrogen and oxygen atoms in total. The Morgan fingerprint density at radius 3 is 1.89 bits per heavy atom. The fourth-order valence-electron chi connectivity index (χ4n) is 3.40. The van der Waals surface area contributed by atoms with E-state index >= 15 is 0 Å². The van der Waals surface area contributed by atoms with Gasteiger partial charge < -0.3 is 25.5 Å². The molecule has 0 aromatic heterocycles. The van der Waals surface area contributed by atoms with Crippen LogP contribution in [0.5, 0.6) is 0 Å². The average molecular weight is 260 g/mol.